The van der Waals surface area contributed by atoms with E-state index in [4.69, 9.17) is 5.73 Å². The zero-order valence-electron chi connectivity index (χ0n) is 16.4. The van der Waals surface area contributed by atoms with Crippen molar-refractivity contribution >= 4 is 15.7 Å². The molecular weight excluding hydrogens is 393 g/mol. The van der Waals surface area contributed by atoms with E-state index in [2.05, 4.69) is 19.7 Å². The van der Waals surface area contributed by atoms with Crippen LogP contribution in [0, 0.1) is 12.7 Å². The van der Waals surface area contributed by atoms with Crippen LogP contribution in [0.25, 0.3) is 22.4 Å². The maximum absolute atomic E-state index is 15.0. The van der Waals surface area contributed by atoms with Gasteiger partial charge >= 0.3 is 0 Å². The Hall–Kier alpha value is -2.91. The molecule has 7 nitrogen and oxygen atoms in total. The van der Waals surface area contributed by atoms with Crippen LogP contribution >= 0.6 is 0 Å². The summed E-state index contributed by atoms with van der Waals surface area (Å²) in [5.41, 5.74) is 9.50. The van der Waals surface area contributed by atoms with Gasteiger partial charge in [0.25, 0.3) is 0 Å². The lowest BCUT2D eigenvalue weighted by Crippen LogP contribution is -2.11. The Bertz CT molecular complexity index is 1170. The normalized spacial score (nSPS) is 11.5. The second kappa shape index (κ2) is 8.22. The Morgan fingerprint density at radius 3 is 2.62 bits per heavy atom. The van der Waals surface area contributed by atoms with Crippen LogP contribution in [-0.2, 0) is 23.0 Å². The third kappa shape index (κ3) is 4.41. The minimum absolute atomic E-state index is 0.0647. The van der Waals surface area contributed by atoms with Crippen LogP contribution < -0.4 is 10.5 Å². The molecular formula is C20H22FN5O2S. The highest BCUT2D eigenvalue weighted by Gasteiger charge is 2.20. The monoisotopic (exact) mass is 415 g/mol. The predicted molar refractivity (Wildman–Crippen MR) is 111 cm³/mol. The maximum atomic E-state index is 15.0. The van der Waals surface area contributed by atoms with Crippen molar-refractivity contribution in [3.8, 4) is 22.4 Å². The van der Waals surface area contributed by atoms with E-state index in [1.807, 2.05) is 6.92 Å². The number of halogens is 1. The lowest BCUT2D eigenvalue weighted by molar-refractivity contribution is 0.606. The molecule has 0 aliphatic rings. The molecule has 0 radical (unpaired) electrons. The number of nitrogens with one attached hydrogen (secondary N) is 1. The topological polar surface area (TPSA) is 111 Å². The molecule has 1 aromatic carbocycles. The van der Waals surface area contributed by atoms with Crippen molar-refractivity contribution in [3.63, 3.8) is 0 Å². The number of aryl methyl sites for hydroxylation is 2. The Kier molecular flexibility index (Phi) is 5.90. The number of rotatable bonds is 6. The first-order valence-corrected chi connectivity index (χ1v) is 10.9. The van der Waals surface area contributed by atoms with Gasteiger partial charge in [0, 0.05) is 35.0 Å². The van der Waals surface area contributed by atoms with Crippen LogP contribution in [0.5, 0.6) is 0 Å². The fraction of sp³-hybridized carbons (Fsp3) is 0.250. The number of pyridine rings is 1. The summed E-state index contributed by atoms with van der Waals surface area (Å²) in [5.74, 6) is -0.438. The predicted octanol–water partition coefficient (Wildman–Crippen LogP) is 3.05. The number of benzene rings is 1. The smallest absolute Gasteiger partial charge is 0.229 e. The van der Waals surface area contributed by atoms with Crippen LogP contribution in [0.4, 0.5) is 10.1 Å². The fourth-order valence-corrected chi connectivity index (χ4v) is 3.70. The van der Waals surface area contributed by atoms with Gasteiger partial charge in [-0.3, -0.25) is 9.71 Å². The zero-order valence-corrected chi connectivity index (χ0v) is 17.2. The first kappa shape index (κ1) is 20.8. The summed E-state index contributed by atoms with van der Waals surface area (Å²) in [6.07, 6.45) is 4.64. The molecule has 0 bridgehead atoms. The van der Waals surface area contributed by atoms with Gasteiger partial charge in [-0.1, -0.05) is 19.1 Å². The zero-order chi connectivity index (χ0) is 21.2. The van der Waals surface area contributed by atoms with E-state index in [0.29, 0.717) is 51.4 Å². The quantitative estimate of drug-likeness (QED) is 0.640. The lowest BCUT2D eigenvalue weighted by Gasteiger charge is -2.16. The molecule has 0 saturated carbocycles. The molecule has 2 aromatic heterocycles. The molecule has 29 heavy (non-hydrogen) atoms. The molecule has 2 heterocycles. The average Bonchev–Trinajstić information content (AvgIpc) is 2.68. The van der Waals surface area contributed by atoms with E-state index < -0.39 is 15.8 Å². The number of anilines is 1. The number of nitrogens with two attached hydrogens (primary N) is 1. The van der Waals surface area contributed by atoms with Gasteiger partial charge in [-0.05, 0) is 25.5 Å². The molecule has 9 heteroatoms. The van der Waals surface area contributed by atoms with E-state index in [0.717, 1.165) is 6.26 Å². The van der Waals surface area contributed by atoms with Crippen LogP contribution in [0.3, 0.4) is 0 Å². The lowest BCUT2D eigenvalue weighted by atomic mass is 9.96. The molecule has 0 amide bonds. The van der Waals surface area contributed by atoms with Gasteiger partial charge in [0.05, 0.1) is 29.0 Å². The first-order valence-electron chi connectivity index (χ1n) is 9.01. The van der Waals surface area contributed by atoms with Crippen molar-refractivity contribution in [2.75, 3.05) is 11.0 Å². The summed E-state index contributed by atoms with van der Waals surface area (Å²) in [5, 5.41) is 0. The van der Waals surface area contributed by atoms with Crippen molar-refractivity contribution < 1.29 is 12.8 Å². The number of aromatic nitrogens is 3. The van der Waals surface area contributed by atoms with Crippen molar-refractivity contribution in [1.29, 1.82) is 0 Å². The highest BCUT2D eigenvalue weighted by atomic mass is 32.2. The van der Waals surface area contributed by atoms with Crippen molar-refractivity contribution in [2.45, 2.75) is 26.8 Å². The van der Waals surface area contributed by atoms with Gasteiger partial charge in [0.1, 0.15) is 12.1 Å². The van der Waals surface area contributed by atoms with Crippen LogP contribution in [0.1, 0.15) is 23.9 Å². The molecule has 3 aromatic rings. The largest absolute Gasteiger partial charge is 0.326 e. The molecule has 0 saturated heterocycles. The molecule has 0 atom stereocenters. The summed E-state index contributed by atoms with van der Waals surface area (Å²) in [7, 11) is -3.49. The molecule has 0 spiro atoms. The SMILES string of the molecule is CCc1ncnc(-c2cccc(CN)c2F)c1-c1cnc(C)c(NS(C)(=O)=O)c1. The van der Waals surface area contributed by atoms with Gasteiger partial charge in [-0.15, -0.1) is 0 Å². The number of nitrogens with zero attached hydrogens (tertiary/aromatic N) is 3. The number of hydrogen-bond acceptors (Lipinski definition) is 6. The maximum Gasteiger partial charge on any atom is 0.229 e. The fourth-order valence-electron chi connectivity index (χ4n) is 3.09. The van der Waals surface area contributed by atoms with Crippen molar-refractivity contribution in [1.82, 2.24) is 15.0 Å². The summed E-state index contributed by atoms with van der Waals surface area (Å²) < 4.78 is 40.9. The third-order valence-electron chi connectivity index (χ3n) is 4.49. The molecule has 0 unspecified atom stereocenters. The second-order valence-corrected chi connectivity index (χ2v) is 8.36. The summed E-state index contributed by atoms with van der Waals surface area (Å²) in [4.78, 5) is 13.0. The summed E-state index contributed by atoms with van der Waals surface area (Å²) in [6.45, 7) is 3.69. The van der Waals surface area contributed by atoms with Crippen LogP contribution in [0.2, 0.25) is 0 Å². The Balaban J connectivity index is 2.27. The summed E-state index contributed by atoms with van der Waals surface area (Å²) >= 11 is 0. The summed E-state index contributed by atoms with van der Waals surface area (Å²) in [6, 6.07) is 6.65. The van der Waals surface area contributed by atoms with Crippen molar-refractivity contribution in [2.24, 2.45) is 5.73 Å². The first-order chi connectivity index (χ1) is 13.7. The minimum atomic E-state index is -3.49. The van der Waals surface area contributed by atoms with E-state index >= 15 is 4.39 Å². The highest BCUT2D eigenvalue weighted by Crippen LogP contribution is 2.36. The van der Waals surface area contributed by atoms with Crippen LogP contribution in [-0.4, -0.2) is 29.6 Å². The molecule has 0 aliphatic carbocycles. The Labute approximate surface area is 169 Å². The highest BCUT2D eigenvalue weighted by molar-refractivity contribution is 7.92. The molecule has 0 aliphatic heterocycles. The van der Waals surface area contributed by atoms with E-state index in [-0.39, 0.29) is 6.54 Å². The molecule has 3 N–H and O–H groups in total. The van der Waals surface area contributed by atoms with Gasteiger partial charge in [-0.2, -0.15) is 0 Å². The Morgan fingerprint density at radius 2 is 1.97 bits per heavy atom. The van der Waals surface area contributed by atoms with E-state index in [9.17, 15) is 8.42 Å². The van der Waals surface area contributed by atoms with Gasteiger partial charge < -0.3 is 5.73 Å². The molecule has 3 rings (SSSR count). The third-order valence-corrected chi connectivity index (χ3v) is 5.08. The van der Waals surface area contributed by atoms with Crippen molar-refractivity contribution in [3.05, 3.63) is 59.6 Å². The molecule has 152 valence electrons. The van der Waals surface area contributed by atoms with E-state index in [1.54, 1.807) is 37.4 Å². The van der Waals surface area contributed by atoms with Gasteiger partial charge in [0.15, 0.2) is 0 Å². The van der Waals surface area contributed by atoms with Crippen LogP contribution in [0.15, 0.2) is 36.8 Å². The van der Waals surface area contributed by atoms with E-state index in [1.165, 1.54) is 6.33 Å². The molecule has 0 fully saturated rings. The standard InChI is InChI=1S/C20H22FN5O2S/c1-4-16-18(14-8-17(12(2)23-10-14)26-29(3,27)28)20(25-11-24-16)15-7-5-6-13(9-22)19(15)21/h5-8,10-11,26H,4,9,22H2,1-3H3. The Morgan fingerprint density at radius 1 is 1.21 bits per heavy atom. The van der Waals surface area contributed by atoms with Gasteiger partial charge in [-0.25, -0.2) is 22.8 Å². The number of hydrogen-bond donors (Lipinski definition) is 2. The number of sulfonamides is 1. The van der Waals surface area contributed by atoms with Gasteiger partial charge in [0.2, 0.25) is 10.0 Å². The minimum Gasteiger partial charge on any atom is -0.326 e. The average molecular weight is 415 g/mol. The second-order valence-electron chi connectivity index (χ2n) is 6.61.